The minimum atomic E-state index is -0.512. The van der Waals surface area contributed by atoms with E-state index < -0.39 is 6.04 Å². The summed E-state index contributed by atoms with van der Waals surface area (Å²) in [4.78, 5) is 14.3. The van der Waals surface area contributed by atoms with E-state index in [4.69, 9.17) is 17.2 Å². The van der Waals surface area contributed by atoms with Crippen molar-refractivity contribution in [3.63, 3.8) is 0 Å². The normalized spacial score (nSPS) is 12.2. The lowest BCUT2D eigenvalue weighted by Gasteiger charge is -2.04. The van der Waals surface area contributed by atoms with E-state index in [1.807, 2.05) is 0 Å². The lowest BCUT2D eigenvalue weighted by molar-refractivity contribution is -0.112. The zero-order valence-electron chi connectivity index (χ0n) is 6.73. The van der Waals surface area contributed by atoms with Gasteiger partial charge in [0.15, 0.2) is 5.96 Å². The van der Waals surface area contributed by atoms with E-state index >= 15 is 0 Å². The van der Waals surface area contributed by atoms with Gasteiger partial charge >= 0.3 is 0 Å². The summed E-state index contributed by atoms with van der Waals surface area (Å²) in [5.74, 6) is 0.0563. The topological polar surface area (TPSA) is 107 Å². The van der Waals surface area contributed by atoms with E-state index in [2.05, 4.69) is 17.6 Å². The molecule has 0 aromatic carbocycles. The number of hydrogen-bond donors (Lipinski definition) is 4. The van der Waals surface area contributed by atoms with Gasteiger partial charge in [-0.2, -0.15) is 0 Å². The summed E-state index contributed by atoms with van der Waals surface area (Å²) in [5, 5.41) is -0.306. The van der Waals surface area contributed by atoms with Crippen LogP contribution in [-0.4, -0.2) is 23.7 Å². The maximum atomic E-state index is 10.5. The van der Waals surface area contributed by atoms with Crippen LogP contribution in [0.25, 0.3) is 0 Å². The van der Waals surface area contributed by atoms with E-state index in [-0.39, 0.29) is 11.1 Å². The van der Waals surface area contributed by atoms with Gasteiger partial charge in [0.25, 0.3) is 0 Å². The highest BCUT2D eigenvalue weighted by Crippen LogP contribution is 1.97. The molecule has 0 saturated heterocycles. The highest BCUT2D eigenvalue weighted by atomic mass is 32.1. The van der Waals surface area contributed by atoms with Crippen molar-refractivity contribution < 1.29 is 4.79 Å². The molecule has 0 radical (unpaired) electrons. The van der Waals surface area contributed by atoms with Crippen LogP contribution in [0, 0.1) is 0 Å². The Labute approximate surface area is 76.8 Å². The van der Waals surface area contributed by atoms with Crippen LogP contribution in [0.15, 0.2) is 4.99 Å². The van der Waals surface area contributed by atoms with Gasteiger partial charge in [-0.25, -0.2) is 0 Å². The van der Waals surface area contributed by atoms with Crippen molar-refractivity contribution in [3.05, 3.63) is 0 Å². The van der Waals surface area contributed by atoms with Gasteiger partial charge in [-0.05, 0) is 12.8 Å². The molecule has 70 valence electrons. The Balaban J connectivity index is 3.44. The molecule has 6 N–H and O–H groups in total. The first-order valence-corrected chi connectivity index (χ1v) is 4.02. The Morgan fingerprint density at radius 3 is 2.50 bits per heavy atom. The predicted molar refractivity (Wildman–Crippen MR) is 51.9 cm³/mol. The van der Waals surface area contributed by atoms with E-state index in [9.17, 15) is 4.79 Å². The summed E-state index contributed by atoms with van der Waals surface area (Å²) in [5.41, 5.74) is 15.6. The van der Waals surface area contributed by atoms with Gasteiger partial charge in [0.05, 0.1) is 6.04 Å². The molecular formula is C6H14N4OS. The van der Waals surface area contributed by atoms with Crippen molar-refractivity contribution in [2.24, 2.45) is 22.2 Å². The molecule has 0 heterocycles. The monoisotopic (exact) mass is 190 g/mol. The van der Waals surface area contributed by atoms with Crippen LogP contribution < -0.4 is 17.2 Å². The summed E-state index contributed by atoms with van der Waals surface area (Å²) >= 11 is 3.59. The van der Waals surface area contributed by atoms with E-state index in [1.165, 1.54) is 0 Å². The molecule has 0 aliphatic rings. The highest BCUT2D eigenvalue weighted by Gasteiger charge is 2.07. The van der Waals surface area contributed by atoms with Gasteiger partial charge < -0.3 is 17.2 Å². The Hall–Kier alpha value is -0.750. The lowest BCUT2D eigenvalue weighted by atomic mass is 10.2. The minimum absolute atomic E-state index is 0.0563. The van der Waals surface area contributed by atoms with Crippen molar-refractivity contribution in [1.82, 2.24) is 0 Å². The Bertz CT molecular complexity index is 178. The number of hydrogen-bond acceptors (Lipinski definition) is 3. The molecule has 0 saturated carbocycles. The highest BCUT2D eigenvalue weighted by molar-refractivity contribution is 7.96. The average molecular weight is 190 g/mol. The van der Waals surface area contributed by atoms with Crippen LogP contribution in [-0.2, 0) is 4.79 Å². The number of thiol groups is 1. The number of carbonyl (C=O) groups excluding carboxylic acids is 1. The number of aliphatic imine (C=N–C) groups is 1. The maximum Gasteiger partial charge on any atom is 0.202 e. The summed E-state index contributed by atoms with van der Waals surface area (Å²) in [6, 6.07) is -0.512. The first-order chi connectivity index (χ1) is 5.54. The second-order valence-electron chi connectivity index (χ2n) is 2.39. The minimum Gasteiger partial charge on any atom is -0.370 e. The molecule has 0 spiro atoms. The van der Waals surface area contributed by atoms with E-state index in [1.54, 1.807) is 0 Å². The van der Waals surface area contributed by atoms with Crippen LogP contribution >= 0.6 is 12.6 Å². The Kier molecular flexibility index (Phi) is 5.48. The van der Waals surface area contributed by atoms with Crippen molar-refractivity contribution in [2.45, 2.75) is 18.9 Å². The SMILES string of the molecule is NC(N)=NCCCC(N)C(=O)S. The van der Waals surface area contributed by atoms with Crippen molar-refractivity contribution >= 4 is 23.7 Å². The number of carbonyl (C=O) groups is 1. The van der Waals surface area contributed by atoms with Crippen LogP contribution in [0.1, 0.15) is 12.8 Å². The molecule has 6 heteroatoms. The molecule has 0 amide bonds. The quantitative estimate of drug-likeness (QED) is 0.189. The largest absolute Gasteiger partial charge is 0.370 e. The van der Waals surface area contributed by atoms with Gasteiger partial charge in [-0.1, -0.05) is 0 Å². The molecule has 0 rings (SSSR count). The van der Waals surface area contributed by atoms with Gasteiger partial charge in [0.2, 0.25) is 5.12 Å². The van der Waals surface area contributed by atoms with E-state index in [0.717, 1.165) is 0 Å². The van der Waals surface area contributed by atoms with Gasteiger partial charge in [-0.3, -0.25) is 9.79 Å². The standard InChI is InChI=1S/C6H14N4OS/c7-4(5(11)12)2-1-3-10-6(8)9/h4H,1-3,7H2,(H,11,12)(H4,8,9,10). The molecule has 0 aliphatic heterocycles. The fourth-order valence-corrected chi connectivity index (χ4v) is 0.772. The second kappa shape index (κ2) is 5.84. The molecule has 0 aromatic rings. The second-order valence-corrected chi connectivity index (χ2v) is 2.83. The third-order valence-electron chi connectivity index (χ3n) is 1.28. The van der Waals surface area contributed by atoms with E-state index in [0.29, 0.717) is 19.4 Å². The Morgan fingerprint density at radius 2 is 2.08 bits per heavy atom. The third kappa shape index (κ3) is 5.99. The molecule has 0 bridgehead atoms. The molecule has 0 fully saturated rings. The molecule has 12 heavy (non-hydrogen) atoms. The smallest absolute Gasteiger partial charge is 0.202 e. The van der Waals surface area contributed by atoms with Crippen molar-refractivity contribution in [1.29, 1.82) is 0 Å². The van der Waals surface area contributed by atoms with Gasteiger partial charge in [0, 0.05) is 6.54 Å². The van der Waals surface area contributed by atoms with Crippen LogP contribution in [0.2, 0.25) is 0 Å². The lowest BCUT2D eigenvalue weighted by Crippen LogP contribution is -2.27. The number of nitrogens with two attached hydrogens (primary N) is 3. The van der Waals surface area contributed by atoms with Crippen molar-refractivity contribution in [3.8, 4) is 0 Å². The maximum absolute atomic E-state index is 10.5. The number of nitrogens with zero attached hydrogens (tertiary/aromatic N) is 1. The first-order valence-electron chi connectivity index (χ1n) is 3.58. The molecule has 5 nitrogen and oxygen atoms in total. The van der Waals surface area contributed by atoms with Crippen molar-refractivity contribution in [2.75, 3.05) is 6.54 Å². The molecule has 1 atom stereocenters. The molecule has 0 aliphatic carbocycles. The zero-order chi connectivity index (χ0) is 9.56. The first kappa shape index (κ1) is 11.2. The summed E-state index contributed by atoms with van der Waals surface area (Å²) in [7, 11) is 0. The Morgan fingerprint density at radius 1 is 1.50 bits per heavy atom. The fourth-order valence-electron chi connectivity index (χ4n) is 0.643. The fraction of sp³-hybridized carbons (Fsp3) is 0.667. The van der Waals surface area contributed by atoms with Gasteiger partial charge in [-0.15, -0.1) is 12.6 Å². The number of rotatable bonds is 5. The number of guanidine groups is 1. The zero-order valence-corrected chi connectivity index (χ0v) is 7.63. The molecule has 0 aromatic heterocycles. The van der Waals surface area contributed by atoms with Crippen LogP contribution in [0.5, 0.6) is 0 Å². The average Bonchev–Trinajstić information content (AvgIpc) is 1.97. The summed E-state index contributed by atoms with van der Waals surface area (Å²) < 4.78 is 0. The summed E-state index contributed by atoms with van der Waals surface area (Å²) in [6.07, 6.45) is 1.24. The predicted octanol–water partition coefficient (Wildman–Crippen LogP) is -1.18. The molecular weight excluding hydrogens is 176 g/mol. The van der Waals surface area contributed by atoms with Crippen LogP contribution in [0.3, 0.4) is 0 Å². The third-order valence-corrected chi connectivity index (χ3v) is 1.62. The van der Waals surface area contributed by atoms with Crippen LogP contribution in [0.4, 0.5) is 0 Å². The summed E-state index contributed by atoms with van der Waals surface area (Å²) in [6.45, 7) is 0.497. The molecule has 1 unspecified atom stereocenters. The van der Waals surface area contributed by atoms with Gasteiger partial charge in [0.1, 0.15) is 0 Å².